The molecule has 0 aromatic rings. The molecule has 5 heteroatoms. The van der Waals surface area contributed by atoms with Crippen LogP contribution >= 0.6 is 0 Å². The van der Waals surface area contributed by atoms with Crippen LogP contribution in [0.4, 0.5) is 0 Å². The molecule has 1 saturated heterocycles. The summed E-state index contributed by atoms with van der Waals surface area (Å²) in [4.78, 5) is 15.6. The smallest absolute Gasteiger partial charge is 0.236 e. The summed E-state index contributed by atoms with van der Waals surface area (Å²) in [5.74, 6) is 0.160. The molecular weight excluding hydrogens is 206 g/mol. The first kappa shape index (κ1) is 13.4. The van der Waals surface area contributed by atoms with Crippen molar-refractivity contribution in [1.82, 2.24) is 9.80 Å². The fraction of sp³-hybridized carbons (Fsp3) is 0.909. The van der Waals surface area contributed by atoms with Crippen LogP contribution in [-0.2, 0) is 9.53 Å². The normalized spacial score (nSPS) is 26.8. The van der Waals surface area contributed by atoms with E-state index in [1.54, 1.807) is 4.90 Å². The Morgan fingerprint density at radius 1 is 1.56 bits per heavy atom. The zero-order valence-electron chi connectivity index (χ0n) is 10.5. The Morgan fingerprint density at radius 2 is 2.25 bits per heavy atom. The fourth-order valence-electron chi connectivity index (χ4n) is 1.89. The van der Waals surface area contributed by atoms with Gasteiger partial charge in [-0.15, -0.1) is 0 Å². The topological polar surface area (TPSA) is 58.8 Å². The summed E-state index contributed by atoms with van der Waals surface area (Å²) < 4.78 is 5.64. The average molecular weight is 229 g/mol. The standard InChI is InChI=1S/C11H23N3O2/c1-4-13(3)11(15)8-14-6-9(2)16-10(5-12)7-14/h9-10H,4-8,12H2,1-3H3. The lowest BCUT2D eigenvalue weighted by Gasteiger charge is -2.36. The van der Waals surface area contributed by atoms with Crippen molar-refractivity contribution >= 4 is 5.91 Å². The van der Waals surface area contributed by atoms with Gasteiger partial charge >= 0.3 is 0 Å². The summed E-state index contributed by atoms with van der Waals surface area (Å²) >= 11 is 0. The summed E-state index contributed by atoms with van der Waals surface area (Å²) in [5.41, 5.74) is 5.60. The highest BCUT2D eigenvalue weighted by Gasteiger charge is 2.26. The van der Waals surface area contributed by atoms with E-state index in [1.807, 2.05) is 20.9 Å². The molecule has 2 atom stereocenters. The minimum atomic E-state index is 0.0588. The van der Waals surface area contributed by atoms with E-state index >= 15 is 0 Å². The minimum absolute atomic E-state index is 0.0588. The van der Waals surface area contributed by atoms with Gasteiger partial charge in [0.2, 0.25) is 5.91 Å². The molecule has 0 radical (unpaired) electrons. The first-order valence-corrected chi connectivity index (χ1v) is 5.88. The number of hydrogen-bond acceptors (Lipinski definition) is 4. The van der Waals surface area contributed by atoms with Gasteiger partial charge in [-0.05, 0) is 13.8 Å². The maximum Gasteiger partial charge on any atom is 0.236 e. The molecule has 94 valence electrons. The maximum absolute atomic E-state index is 11.8. The van der Waals surface area contributed by atoms with Crippen LogP contribution in [0.2, 0.25) is 0 Å². The van der Waals surface area contributed by atoms with Crippen molar-refractivity contribution < 1.29 is 9.53 Å². The number of nitrogens with two attached hydrogens (primary N) is 1. The fourth-order valence-corrected chi connectivity index (χ4v) is 1.89. The highest BCUT2D eigenvalue weighted by atomic mass is 16.5. The van der Waals surface area contributed by atoms with Crippen molar-refractivity contribution in [1.29, 1.82) is 0 Å². The number of hydrogen-bond donors (Lipinski definition) is 1. The van der Waals surface area contributed by atoms with Crippen LogP contribution in [0.15, 0.2) is 0 Å². The Kier molecular flexibility index (Phi) is 5.18. The lowest BCUT2D eigenvalue weighted by molar-refractivity contribution is -0.134. The molecule has 1 aliphatic heterocycles. The minimum Gasteiger partial charge on any atom is -0.371 e. The molecule has 1 rings (SSSR count). The average Bonchev–Trinajstić information content (AvgIpc) is 2.26. The largest absolute Gasteiger partial charge is 0.371 e. The second kappa shape index (κ2) is 6.18. The second-order valence-electron chi connectivity index (χ2n) is 4.41. The van der Waals surface area contributed by atoms with Gasteiger partial charge in [0.15, 0.2) is 0 Å². The van der Waals surface area contributed by atoms with Gasteiger partial charge in [-0.3, -0.25) is 9.69 Å². The Balaban J connectivity index is 2.44. The second-order valence-corrected chi connectivity index (χ2v) is 4.41. The first-order valence-electron chi connectivity index (χ1n) is 5.88. The SMILES string of the molecule is CCN(C)C(=O)CN1CC(C)OC(CN)C1. The van der Waals surface area contributed by atoms with Crippen molar-refractivity contribution in [3.8, 4) is 0 Å². The molecule has 16 heavy (non-hydrogen) atoms. The molecule has 1 aliphatic rings. The Bertz CT molecular complexity index is 235. The van der Waals surface area contributed by atoms with Gasteiger partial charge in [0.1, 0.15) is 0 Å². The van der Waals surface area contributed by atoms with Gasteiger partial charge in [0.05, 0.1) is 18.8 Å². The van der Waals surface area contributed by atoms with E-state index in [-0.39, 0.29) is 18.1 Å². The third kappa shape index (κ3) is 3.73. The van der Waals surface area contributed by atoms with Crippen LogP contribution in [0.5, 0.6) is 0 Å². The van der Waals surface area contributed by atoms with E-state index in [2.05, 4.69) is 4.90 Å². The van der Waals surface area contributed by atoms with Crippen LogP contribution in [0.3, 0.4) is 0 Å². The lowest BCUT2D eigenvalue weighted by atomic mass is 10.2. The van der Waals surface area contributed by atoms with E-state index < -0.39 is 0 Å². The van der Waals surface area contributed by atoms with Crippen LogP contribution in [-0.4, -0.2) is 67.7 Å². The van der Waals surface area contributed by atoms with E-state index in [0.717, 1.165) is 19.6 Å². The van der Waals surface area contributed by atoms with Crippen molar-refractivity contribution in [3.05, 3.63) is 0 Å². The molecule has 1 heterocycles. The molecule has 2 unspecified atom stereocenters. The Hall–Kier alpha value is -0.650. The third-order valence-corrected chi connectivity index (χ3v) is 2.92. The predicted molar refractivity (Wildman–Crippen MR) is 63.1 cm³/mol. The van der Waals surface area contributed by atoms with Gasteiger partial charge in [0.25, 0.3) is 0 Å². The monoisotopic (exact) mass is 229 g/mol. The van der Waals surface area contributed by atoms with Crippen LogP contribution < -0.4 is 5.73 Å². The number of amides is 1. The molecule has 0 bridgehead atoms. The maximum atomic E-state index is 11.8. The van der Waals surface area contributed by atoms with Crippen LogP contribution in [0.1, 0.15) is 13.8 Å². The molecule has 0 saturated carbocycles. The number of nitrogens with zero attached hydrogens (tertiary/aromatic N) is 2. The molecule has 0 spiro atoms. The zero-order chi connectivity index (χ0) is 12.1. The molecule has 1 amide bonds. The van der Waals surface area contributed by atoms with Crippen LogP contribution in [0, 0.1) is 0 Å². The number of likely N-dealkylation sites (N-methyl/N-ethyl adjacent to an activating group) is 1. The van der Waals surface area contributed by atoms with Crippen molar-refractivity contribution in [2.24, 2.45) is 5.73 Å². The summed E-state index contributed by atoms with van der Waals surface area (Å²) in [6.45, 7) is 7.28. The highest BCUT2D eigenvalue weighted by molar-refractivity contribution is 5.77. The molecule has 1 fully saturated rings. The van der Waals surface area contributed by atoms with E-state index in [1.165, 1.54) is 0 Å². The number of ether oxygens (including phenoxy) is 1. The Morgan fingerprint density at radius 3 is 2.81 bits per heavy atom. The van der Waals surface area contributed by atoms with E-state index in [4.69, 9.17) is 10.5 Å². The van der Waals surface area contributed by atoms with Gasteiger partial charge in [-0.25, -0.2) is 0 Å². The van der Waals surface area contributed by atoms with Crippen molar-refractivity contribution in [2.45, 2.75) is 26.1 Å². The van der Waals surface area contributed by atoms with E-state index in [0.29, 0.717) is 13.1 Å². The number of rotatable bonds is 4. The van der Waals surface area contributed by atoms with Gasteiger partial charge in [0, 0.05) is 33.2 Å². The molecule has 0 aliphatic carbocycles. The lowest BCUT2D eigenvalue weighted by Crippen LogP contribution is -2.52. The molecular formula is C11H23N3O2. The molecule has 2 N–H and O–H groups in total. The molecule has 5 nitrogen and oxygen atoms in total. The van der Waals surface area contributed by atoms with Gasteiger partial charge in [-0.1, -0.05) is 0 Å². The Labute approximate surface area is 97.5 Å². The molecule has 0 aromatic carbocycles. The number of morpholine rings is 1. The third-order valence-electron chi connectivity index (χ3n) is 2.92. The van der Waals surface area contributed by atoms with Gasteiger partial charge in [-0.2, -0.15) is 0 Å². The summed E-state index contributed by atoms with van der Waals surface area (Å²) in [7, 11) is 1.83. The summed E-state index contributed by atoms with van der Waals surface area (Å²) in [5, 5.41) is 0. The highest BCUT2D eigenvalue weighted by Crippen LogP contribution is 2.10. The van der Waals surface area contributed by atoms with Gasteiger partial charge < -0.3 is 15.4 Å². The molecule has 0 aromatic heterocycles. The zero-order valence-corrected chi connectivity index (χ0v) is 10.5. The number of carbonyl (C=O) groups is 1. The quantitative estimate of drug-likeness (QED) is 0.707. The summed E-state index contributed by atoms with van der Waals surface area (Å²) in [6, 6.07) is 0. The number of carbonyl (C=O) groups excluding carboxylic acids is 1. The van der Waals surface area contributed by atoms with Crippen LogP contribution in [0.25, 0.3) is 0 Å². The van der Waals surface area contributed by atoms with E-state index in [9.17, 15) is 4.79 Å². The first-order chi connectivity index (χ1) is 7.56. The predicted octanol–water partition coefficient (Wildman–Crippen LogP) is -0.487. The van der Waals surface area contributed by atoms with Crippen molar-refractivity contribution in [3.63, 3.8) is 0 Å². The van der Waals surface area contributed by atoms with Crippen molar-refractivity contribution in [2.75, 3.05) is 39.8 Å². The summed E-state index contributed by atoms with van der Waals surface area (Å²) in [6.07, 6.45) is 0.213.